The number of carbonyl (C=O) groups is 1. The Labute approximate surface area is 171 Å². The zero-order valence-corrected chi connectivity index (χ0v) is 16.8. The minimum atomic E-state index is -3.49. The number of carbonyl (C=O) groups excluding carboxylic acids is 1. The van der Waals surface area contributed by atoms with E-state index in [1.807, 2.05) is 12.1 Å². The molecule has 29 heavy (non-hydrogen) atoms. The van der Waals surface area contributed by atoms with Crippen molar-refractivity contribution in [2.45, 2.75) is 5.75 Å². The van der Waals surface area contributed by atoms with Crippen molar-refractivity contribution in [1.82, 2.24) is 9.71 Å². The molecular formula is C19H18N4O4S2. The number of benzene rings is 2. The number of aromatic nitrogens is 1. The third kappa shape index (κ3) is 4.15. The molecule has 2 aromatic carbocycles. The lowest BCUT2D eigenvalue weighted by molar-refractivity contribution is -0.110. The van der Waals surface area contributed by atoms with Crippen molar-refractivity contribution in [3.63, 3.8) is 0 Å². The molecule has 0 aliphatic carbocycles. The van der Waals surface area contributed by atoms with Crippen LogP contribution in [0.4, 0.5) is 11.4 Å². The number of aliphatic hydroxyl groups excluding tert-OH is 1. The molecule has 1 aliphatic heterocycles. The lowest BCUT2D eigenvalue weighted by atomic mass is 10.1. The van der Waals surface area contributed by atoms with Gasteiger partial charge in [-0.3, -0.25) is 4.79 Å². The number of nitrogens with zero attached hydrogens (tertiary/aromatic N) is 1. The average molecular weight is 431 g/mol. The Morgan fingerprint density at radius 2 is 1.97 bits per heavy atom. The maximum absolute atomic E-state index is 12.4. The number of sulfonamides is 1. The molecule has 1 aliphatic rings. The Morgan fingerprint density at radius 3 is 2.72 bits per heavy atom. The SMILES string of the molecule is O=C1Nc2ccc3scnc3c2/C1=C/Nc1ccc(CS(=O)(=O)NCCO)cc1. The van der Waals surface area contributed by atoms with E-state index in [9.17, 15) is 13.2 Å². The molecule has 4 rings (SSSR count). The highest BCUT2D eigenvalue weighted by Gasteiger charge is 2.27. The number of fused-ring (bicyclic) bond motifs is 3. The average Bonchev–Trinajstić information content (AvgIpc) is 3.29. The molecule has 2 heterocycles. The van der Waals surface area contributed by atoms with Crippen molar-refractivity contribution in [2.75, 3.05) is 23.8 Å². The summed E-state index contributed by atoms with van der Waals surface area (Å²) in [5, 5.41) is 14.7. The van der Waals surface area contributed by atoms with E-state index < -0.39 is 10.0 Å². The molecule has 1 amide bonds. The normalized spacial score (nSPS) is 14.9. The second-order valence-corrected chi connectivity index (χ2v) is 9.11. The first-order valence-electron chi connectivity index (χ1n) is 8.78. The molecule has 0 saturated heterocycles. The van der Waals surface area contributed by atoms with Crippen LogP contribution in [0.2, 0.25) is 0 Å². The first-order valence-corrected chi connectivity index (χ1v) is 11.3. The van der Waals surface area contributed by atoms with Gasteiger partial charge >= 0.3 is 0 Å². The monoisotopic (exact) mass is 430 g/mol. The van der Waals surface area contributed by atoms with Gasteiger partial charge in [-0.05, 0) is 29.8 Å². The molecule has 0 radical (unpaired) electrons. The fourth-order valence-corrected chi connectivity index (χ4v) is 4.89. The van der Waals surface area contributed by atoms with E-state index in [4.69, 9.17) is 5.11 Å². The van der Waals surface area contributed by atoms with Gasteiger partial charge in [0.25, 0.3) is 5.91 Å². The van der Waals surface area contributed by atoms with Crippen LogP contribution in [0.15, 0.2) is 48.1 Å². The van der Waals surface area contributed by atoms with Gasteiger partial charge in [-0.1, -0.05) is 12.1 Å². The highest BCUT2D eigenvalue weighted by Crippen LogP contribution is 2.38. The molecule has 0 saturated carbocycles. The predicted molar refractivity (Wildman–Crippen MR) is 114 cm³/mol. The number of thiazole rings is 1. The minimum Gasteiger partial charge on any atom is -0.395 e. The van der Waals surface area contributed by atoms with E-state index in [-0.39, 0.29) is 24.8 Å². The van der Waals surface area contributed by atoms with Crippen LogP contribution < -0.4 is 15.4 Å². The van der Waals surface area contributed by atoms with Crippen LogP contribution in [0.3, 0.4) is 0 Å². The van der Waals surface area contributed by atoms with E-state index in [2.05, 4.69) is 20.3 Å². The molecule has 1 aromatic heterocycles. The van der Waals surface area contributed by atoms with Crippen LogP contribution in [-0.2, 0) is 20.6 Å². The number of amides is 1. The number of rotatable bonds is 7. The number of hydrogen-bond donors (Lipinski definition) is 4. The summed E-state index contributed by atoms with van der Waals surface area (Å²) in [6.45, 7) is -0.258. The molecule has 0 atom stereocenters. The van der Waals surface area contributed by atoms with Gasteiger partial charge in [-0.25, -0.2) is 18.1 Å². The predicted octanol–water partition coefficient (Wildman–Crippen LogP) is 2.11. The van der Waals surface area contributed by atoms with Crippen molar-refractivity contribution in [3.05, 3.63) is 59.2 Å². The Balaban J connectivity index is 1.52. The number of nitrogens with one attached hydrogen (secondary N) is 3. The van der Waals surface area contributed by atoms with Crippen molar-refractivity contribution >= 4 is 54.4 Å². The summed E-state index contributed by atoms with van der Waals surface area (Å²) in [6.07, 6.45) is 1.63. The summed E-state index contributed by atoms with van der Waals surface area (Å²) in [6, 6.07) is 10.7. The standard InChI is InChI=1S/C19H18N4O4S2/c24-8-7-22-29(26,27)10-12-1-3-13(4-2-12)20-9-14-17-15(23-19(14)25)5-6-16-18(17)21-11-28-16/h1-6,9,11,20,22,24H,7-8,10H2,(H,23,25)/b14-9-. The van der Waals surface area contributed by atoms with E-state index in [0.29, 0.717) is 16.8 Å². The van der Waals surface area contributed by atoms with E-state index >= 15 is 0 Å². The van der Waals surface area contributed by atoms with Gasteiger partial charge in [0, 0.05) is 24.0 Å². The Morgan fingerprint density at radius 1 is 1.17 bits per heavy atom. The van der Waals surface area contributed by atoms with Crippen LogP contribution >= 0.6 is 11.3 Å². The van der Waals surface area contributed by atoms with Crippen molar-refractivity contribution in [2.24, 2.45) is 0 Å². The first kappa shape index (κ1) is 19.5. The molecule has 0 spiro atoms. The molecule has 10 heteroatoms. The number of hydrogen-bond acceptors (Lipinski definition) is 7. The fraction of sp³-hybridized carbons (Fsp3) is 0.158. The topological polar surface area (TPSA) is 120 Å². The lowest BCUT2D eigenvalue weighted by Crippen LogP contribution is -2.27. The molecular weight excluding hydrogens is 412 g/mol. The van der Waals surface area contributed by atoms with E-state index in [0.717, 1.165) is 21.5 Å². The van der Waals surface area contributed by atoms with Crippen LogP contribution in [0.5, 0.6) is 0 Å². The van der Waals surface area contributed by atoms with Crippen molar-refractivity contribution in [3.8, 4) is 0 Å². The minimum absolute atomic E-state index is 0.00859. The molecule has 4 N–H and O–H groups in total. The van der Waals surface area contributed by atoms with Crippen LogP contribution in [-0.4, -0.2) is 37.6 Å². The summed E-state index contributed by atoms with van der Waals surface area (Å²) in [5.74, 6) is -0.378. The number of anilines is 2. The Kier molecular flexibility index (Phi) is 5.33. The van der Waals surface area contributed by atoms with Gasteiger partial charge in [0.15, 0.2) is 0 Å². The maximum Gasteiger partial charge on any atom is 0.257 e. The molecule has 0 unspecified atom stereocenters. The summed E-state index contributed by atoms with van der Waals surface area (Å²) >= 11 is 1.52. The summed E-state index contributed by atoms with van der Waals surface area (Å²) in [7, 11) is -3.49. The van der Waals surface area contributed by atoms with Crippen molar-refractivity contribution in [1.29, 1.82) is 0 Å². The van der Waals surface area contributed by atoms with Crippen LogP contribution in [0.25, 0.3) is 15.8 Å². The Bertz CT molecular complexity index is 1200. The van der Waals surface area contributed by atoms with Gasteiger partial charge in [0.1, 0.15) is 0 Å². The van der Waals surface area contributed by atoms with Gasteiger partial charge < -0.3 is 15.7 Å². The fourth-order valence-electron chi connectivity index (χ4n) is 3.07. The molecule has 8 nitrogen and oxygen atoms in total. The third-order valence-electron chi connectivity index (χ3n) is 4.39. The second-order valence-electron chi connectivity index (χ2n) is 6.42. The maximum atomic E-state index is 12.4. The zero-order valence-electron chi connectivity index (χ0n) is 15.2. The van der Waals surface area contributed by atoms with Crippen LogP contribution in [0, 0.1) is 0 Å². The third-order valence-corrected chi connectivity index (χ3v) is 6.54. The molecule has 0 bridgehead atoms. The zero-order chi connectivity index (χ0) is 20.4. The van der Waals surface area contributed by atoms with E-state index in [1.165, 1.54) is 11.3 Å². The molecule has 3 aromatic rings. The van der Waals surface area contributed by atoms with Gasteiger partial charge in [-0.15, -0.1) is 11.3 Å². The highest BCUT2D eigenvalue weighted by atomic mass is 32.2. The highest BCUT2D eigenvalue weighted by molar-refractivity contribution is 7.88. The Hall–Kier alpha value is -2.79. The first-order chi connectivity index (χ1) is 14.0. The molecule has 150 valence electrons. The second kappa shape index (κ2) is 7.91. The molecule has 0 fully saturated rings. The summed E-state index contributed by atoms with van der Waals surface area (Å²) in [5.41, 5.74) is 5.87. The largest absolute Gasteiger partial charge is 0.395 e. The lowest BCUT2D eigenvalue weighted by Gasteiger charge is -2.07. The van der Waals surface area contributed by atoms with Gasteiger partial charge in [0.05, 0.1) is 39.3 Å². The van der Waals surface area contributed by atoms with Gasteiger partial charge in [0.2, 0.25) is 10.0 Å². The quantitative estimate of drug-likeness (QED) is 0.426. The van der Waals surface area contributed by atoms with Gasteiger partial charge in [-0.2, -0.15) is 0 Å². The van der Waals surface area contributed by atoms with Crippen molar-refractivity contribution < 1.29 is 18.3 Å². The summed E-state index contributed by atoms with van der Waals surface area (Å²) in [4.78, 5) is 16.8. The summed E-state index contributed by atoms with van der Waals surface area (Å²) < 4.78 is 27.1. The van der Waals surface area contributed by atoms with E-state index in [1.54, 1.807) is 36.0 Å². The number of aliphatic hydroxyl groups is 1. The smallest absolute Gasteiger partial charge is 0.257 e. The van der Waals surface area contributed by atoms with Crippen LogP contribution in [0.1, 0.15) is 11.1 Å².